The summed E-state index contributed by atoms with van der Waals surface area (Å²) in [6.45, 7) is 7.82. The number of phenolic OH excluding ortho intramolecular Hbond substituents is 1. The smallest absolute Gasteiger partial charge is 0.264 e. The Hall–Kier alpha value is -3.02. The summed E-state index contributed by atoms with van der Waals surface area (Å²) < 4.78 is 6.22. The zero-order valence-electron chi connectivity index (χ0n) is 16.6. The number of benzene rings is 2. The molecule has 1 aromatic heterocycles. The van der Waals surface area contributed by atoms with Gasteiger partial charge in [0.25, 0.3) is 5.91 Å². The van der Waals surface area contributed by atoms with Gasteiger partial charge in [-0.05, 0) is 62.9 Å². The lowest BCUT2D eigenvalue weighted by Crippen LogP contribution is -2.50. The van der Waals surface area contributed by atoms with Crippen molar-refractivity contribution < 1.29 is 14.6 Å². The minimum absolute atomic E-state index is 0.165. The molecule has 2 heterocycles. The SMILES string of the molecule is Cc1c(C)c2c(c(C)c1O)CC[C@](C)(C(=O)NCc1nc3ccccc3[nH]1)O2. The molecule has 1 atom stereocenters. The van der Waals surface area contributed by atoms with Gasteiger partial charge in [0.15, 0.2) is 5.60 Å². The Morgan fingerprint density at radius 1 is 1.25 bits per heavy atom. The third-order valence-electron chi connectivity index (χ3n) is 5.85. The number of hydrogen-bond acceptors (Lipinski definition) is 4. The Bertz CT molecular complexity index is 1050. The molecule has 0 saturated heterocycles. The van der Waals surface area contributed by atoms with Gasteiger partial charge in [0.05, 0.1) is 17.6 Å². The standard InChI is InChI=1S/C22H25N3O3/c1-12-13(2)20-15(14(3)19(12)26)9-10-22(4,28-20)21(27)23-11-18-24-16-7-5-6-8-17(16)25-18/h5-8,26H,9-11H2,1-4H3,(H,23,27)(H,24,25)/t22-/m1/s1. The van der Waals surface area contributed by atoms with Gasteiger partial charge in [0, 0.05) is 12.0 Å². The Labute approximate surface area is 163 Å². The van der Waals surface area contributed by atoms with Gasteiger partial charge >= 0.3 is 0 Å². The number of aromatic hydroxyl groups is 1. The summed E-state index contributed by atoms with van der Waals surface area (Å²) in [6.07, 6.45) is 1.24. The van der Waals surface area contributed by atoms with E-state index in [0.717, 1.165) is 39.0 Å². The van der Waals surface area contributed by atoms with E-state index in [9.17, 15) is 9.90 Å². The number of amides is 1. The number of nitrogens with one attached hydrogen (secondary N) is 2. The number of nitrogens with zero attached hydrogens (tertiary/aromatic N) is 1. The fourth-order valence-electron chi connectivity index (χ4n) is 3.85. The summed E-state index contributed by atoms with van der Waals surface area (Å²) in [7, 11) is 0. The first kappa shape index (κ1) is 18.3. The molecule has 28 heavy (non-hydrogen) atoms. The van der Waals surface area contributed by atoms with Crippen LogP contribution in [0.25, 0.3) is 11.0 Å². The number of imidazole rings is 1. The van der Waals surface area contributed by atoms with Crippen LogP contribution >= 0.6 is 0 Å². The molecule has 3 aromatic rings. The first-order valence-corrected chi connectivity index (χ1v) is 9.52. The molecule has 0 bridgehead atoms. The summed E-state index contributed by atoms with van der Waals surface area (Å²) >= 11 is 0. The Kier molecular flexibility index (Phi) is 4.29. The molecule has 0 unspecified atom stereocenters. The molecule has 6 nitrogen and oxygen atoms in total. The lowest BCUT2D eigenvalue weighted by molar-refractivity contribution is -0.137. The van der Waals surface area contributed by atoms with Crippen LogP contribution in [0.1, 0.15) is 41.4 Å². The number of aromatic amines is 1. The van der Waals surface area contributed by atoms with Crippen LogP contribution in [-0.4, -0.2) is 26.6 Å². The van der Waals surface area contributed by atoms with E-state index in [4.69, 9.17) is 4.74 Å². The third kappa shape index (κ3) is 2.89. The molecule has 0 radical (unpaired) electrons. The lowest BCUT2D eigenvalue weighted by Gasteiger charge is -2.36. The largest absolute Gasteiger partial charge is 0.507 e. The van der Waals surface area contributed by atoms with Gasteiger partial charge in [-0.25, -0.2) is 4.98 Å². The van der Waals surface area contributed by atoms with E-state index in [1.807, 2.05) is 52.0 Å². The fraction of sp³-hybridized carbons (Fsp3) is 0.364. The minimum atomic E-state index is -0.959. The number of rotatable bonds is 3. The van der Waals surface area contributed by atoms with Crippen LogP contribution in [0.2, 0.25) is 0 Å². The number of fused-ring (bicyclic) bond motifs is 2. The van der Waals surface area contributed by atoms with Crippen molar-refractivity contribution in [1.82, 2.24) is 15.3 Å². The first-order valence-electron chi connectivity index (χ1n) is 9.52. The molecule has 2 aromatic carbocycles. The van der Waals surface area contributed by atoms with Crippen LogP contribution in [0.15, 0.2) is 24.3 Å². The normalized spacial score (nSPS) is 18.6. The van der Waals surface area contributed by atoms with Gasteiger partial charge in [-0.1, -0.05) is 12.1 Å². The van der Waals surface area contributed by atoms with Crippen molar-refractivity contribution in [3.05, 3.63) is 52.3 Å². The van der Waals surface area contributed by atoms with Gasteiger partial charge in [-0.3, -0.25) is 4.79 Å². The Morgan fingerprint density at radius 3 is 2.75 bits per heavy atom. The molecule has 4 rings (SSSR count). The van der Waals surface area contributed by atoms with Crippen molar-refractivity contribution in [1.29, 1.82) is 0 Å². The summed E-state index contributed by atoms with van der Waals surface area (Å²) in [6, 6.07) is 7.77. The Balaban J connectivity index is 1.53. The van der Waals surface area contributed by atoms with Crippen molar-refractivity contribution in [3.63, 3.8) is 0 Å². The van der Waals surface area contributed by atoms with Crippen molar-refractivity contribution in [2.24, 2.45) is 0 Å². The van der Waals surface area contributed by atoms with E-state index < -0.39 is 5.60 Å². The van der Waals surface area contributed by atoms with E-state index in [1.54, 1.807) is 0 Å². The predicted octanol–water partition coefficient (Wildman–Crippen LogP) is 3.59. The quantitative estimate of drug-likeness (QED) is 0.649. The van der Waals surface area contributed by atoms with Crippen LogP contribution in [-0.2, 0) is 17.8 Å². The van der Waals surface area contributed by atoms with Crippen molar-refractivity contribution >= 4 is 16.9 Å². The highest BCUT2D eigenvalue weighted by molar-refractivity contribution is 5.86. The molecule has 0 saturated carbocycles. The maximum Gasteiger partial charge on any atom is 0.264 e. The summed E-state index contributed by atoms with van der Waals surface area (Å²) in [4.78, 5) is 20.7. The molecule has 1 amide bonds. The molecule has 146 valence electrons. The summed E-state index contributed by atoms with van der Waals surface area (Å²) in [5.41, 5.74) is 4.37. The number of H-pyrrole nitrogens is 1. The third-order valence-corrected chi connectivity index (χ3v) is 5.85. The molecular formula is C22H25N3O3. The van der Waals surface area contributed by atoms with E-state index in [1.165, 1.54) is 0 Å². The molecule has 1 aliphatic heterocycles. The molecular weight excluding hydrogens is 354 g/mol. The monoisotopic (exact) mass is 379 g/mol. The van der Waals surface area contributed by atoms with Gasteiger partial charge in [-0.15, -0.1) is 0 Å². The zero-order valence-corrected chi connectivity index (χ0v) is 16.6. The number of para-hydroxylation sites is 2. The number of aromatic nitrogens is 2. The highest BCUT2D eigenvalue weighted by atomic mass is 16.5. The number of carbonyl (C=O) groups excluding carboxylic acids is 1. The first-order chi connectivity index (χ1) is 13.3. The van der Waals surface area contributed by atoms with Crippen LogP contribution in [0.5, 0.6) is 11.5 Å². The van der Waals surface area contributed by atoms with Crippen LogP contribution in [0.4, 0.5) is 0 Å². The predicted molar refractivity (Wildman–Crippen MR) is 108 cm³/mol. The maximum absolute atomic E-state index is 12.9. The van der Waals surface area contributed by atoms with E-state index in [0.29, 0.717) is 31.0 Å². The van der Waals surface area contributed by atoms with E-state index >= 15 is 0 Å². The van der Waals surface area contributed by atoms with Crippen LogP contribution in [0, 0.1) is 20.8 Å². The molecule has 0 spiro atoms. The summed E-state index contributed by atoms with van der Waals surface area (Å²) in [5, 5.41) is 13.3. The zero-order chi connectivity index (χ0) is 20.1. The summed E-state index contributed by atoms with van der Waals surface area (Å²) in [5.74, 6) is 1.58. The fourth-order valence-corrected chi connectivity index (χ4v) is 3.85. The second-order valence-electron chi connectivity index (χ2n) is 7.75. The average molecular weight is 379 g/mol. The molecule has 6 heteroatoms. The average Bonchev–Trinajstić information content (AvgIpc) is 3.11. The molecule has 0 fully saturated rings. The molecule has 0 aliphatic carbocycles. The van der Waals surface area contributed by atoms with Crippen molar-refractivity contribution in [3.8, 4) is 11.5 Å². The topological polar surface area (TPSA) is 87.2 Å². The highest BCUT2D eigenvalue weighted by Crippen LogP contribution is 2.43. The maximum atomic E-state index is 12.9. The van der Waals surface area contributed by atoms with Crippen LogP contribution in [0.3, 0.4) is 0 Å². The van der Waals surface area contributed by atoms with E-state index in [2.05, 4.69) is 15.3 Å². The van der Waals surface area contributed by atoms with Gasteiger partial charge in [0.1, 0.15) is 17.3 Å². The van der Waals surface area contributed by atoms with Crippen molar-refractivity contribution in [2.45, 2.75) is 52.7 Å². The minimum Gasteiger partial charge on any atom is -0.507 e. The second kappa shape index (κ2) is 6.55. The molecule has 1 aliphatic rings. The van der Waals surface area contributed by atoms with Crippen LogP contribution < -0.4 is 10.1 Å². The van der Waals surface area contributed by atoms with E-state index in [-0.39, 0.29) is 5.91 Å². The number of hydrogen-bond donors (Lipinski definition) is 3. The van der Waals surface area contributed by atoms with Gasteiger partial charge < -0.3 is 20.1 Å². The van der Waals surface area contributed by atoms with Gasteiger partial charge in [0.2, 0.25) is 0 Å². The molecule has 3 N–H and O–H groups in total. The number of carbonyl (C=O) groups is 1. The second-order valence-corrected chi connectivity index (χ2v) is 7.75. The lowest BCUT2D eigenvalue weighted by atomic mass is 9.86. The number of phenols is 1. The van der Waals surface area contributed by atoms with Crippen molar-refractivity contribution in [2.75, 3.05) is 0 Å². The van der Waals surface area contributed by atoms with Gasteiger partial charge in [-0.2, -0.15) is 0 Å². The highest BCUT2D eigenvalue weighted by Gasteiger charge is 2.40. The Morgan fingerprint density at radius 2 is 2.00 bits per heavy atom. The number of ether oxygens (including phenoxy) is 1.